The maximum Gasteiger partial charge on any atom is 0.416 e. The zero-order chi connectivity index (χ0) is 27.6. The van der Waals surface area contributed by atoms with Gasteiger partial charge in [-0.3, -0.25) is 4.79 Å². The number of oxazole rings is 1. The van der Waals surface area contributed by atoms with E-state index in [1.807, 2.05) is 0 Å². The van der Waals surface area contributed by atoms with Crippen molar-refractivity contribution in [2.75, 3.05) is 37.2 Å². The molecule has 1 aromatic heterocycles. The second kappa shape index (κ2) is 10.9. The summed E-state index contributed by atoms with van der Waals surface area (Å²) in [5.74, 6) is -1.46. The number of carbonyl (C=O) groups excluding carboxylic acids is 1. The summed E-state index contributed by atoms with van der Waals surface area (Å²) in [6.07, 6.45) is -5.34. The molecule has 1 atom stereocenters. The van der Waals surface area contributed by atoms with Gasteiger partial charge in [-0.05, 0) is 31.0 Å². The minimum atomic E-state index is -4.60. The van der Waals surface area contributed by atoms with Crippen LogP contribution in [0.1, 0.15) is 35.0 Å². The van der Waals surface area contributed by atoms with Crippen molar-refractivity contribution in [2.24, 2.45) is 0 Å². The summed E-state index contributed by atoms with van der Waals surface area (Å²) in [7, 11) is -8.37. The molecule has 2 heterocycles. The molecule has 0 bridgehead atoms. The Morgan fingerprint density at radius 2 is 1.81 bits per heavy atom. The molecule has 1 aromatic carbocycles. The summed E-state index contributed by atoms with van der Waals surface area (Å²) in [5.41, 5.74) is -1.04. The maximum atomic E-state index is 14.4. The van der Waals surface area contributed by atoms with E-state index in [9.17, 15) is 39.2 Å². The van der Waals surface area contributed by atoms with E-state index in [0.717, 1.165) is 22.7 Å². The normalized spacial score (nSPS) is 18.4. The Kier molecular flexibility index (Phi) is 8.50. The monoisotopic (exact) mass is 571 g/mol. The van der Waals surface area contributed by atoms with E-state index in [-0.39, 0.29) is 24.0 Å². The molecule has 0 spiro atoms. The minimum absolute atomic E-state index is 0.00242. The van der Waals surface area contributed by atoms with Gasteiger partial charge < -0.3 is 9.73 Å². The number of nitrogens with zero attached hydrogens (tertiary/aromatic N) is 3. The van der Waals surface area contributed by atoms with E-state index in [1.165, 1.54) is 13.0 Å². The number of hydrogen-bond acceptors (Lipinski definition) is 8. The Morgan fingerprint density at radius 3 is 2.46 bits per heavy atom. The maximum absolute atomic E-state index is 14.4. The molecule has 206 valence electrons. The van der Waals surface area contributed by atoms with Crippen molar-refractivity contribution >= 4 is 37.8 Å². The van der Waals surface area contributed by atoms with Crippen molar-refractivity contribution in [1.29, 1.82) is 0 Å². The molecule has 1 fully saturated rings. The molecule has 0 radical (unpaired) electrons. The van der Waals surface area contributed by atoms with Gasteiger partial charge in [0.05, 0.1) is 11.3 Å². The number of halogens is 4. The van der Waals surface area contributed by atoms with Gasteiger partial charge in [-0.2, -0.15) is 35.2 Å². The molecule has 2 N–H and O–H groups in total. The van der Waals surface area contributed by atoms with Gasteiger partial charge in [0.25, 0.3) is 11.9 Å². The van der Waals surface area contributed by atoms with Crippen molar-refractivity contribution < 1.29 is 43.6 Å². The zero-order valence-corrected chi connectivity index (χ0v) is 21.4. The van der Waals surface area contributed by atoms with Gasteiger partial charge in [0.2, 0.25) is 10.0 Å². The van der Waals surface area contributed by atoms with Gasteiger partial charge in [0.1, 0.15) is 12.4 Å². The molecule has 2 aromatic rings. The molecular weight excluding hydrogens is 546 g/mol. The van der Waals surface area contributed by atoms with E-state index < -0.39 is 69.4 Å². The number of aromatic nitrogens is 1. The smallest absolute Gasteiger partial charge is 0.416 e. The van der Waals surface area contributed by atoms with E-state index in [2.05, 4.69) is 10.3 Å². The Bertz CT molecular complexity index is 1350. The molecule has 1 aliphatic rings. The number of anilines is 2. The highest BCUT2D eigenvalue weighted by Gasteiger charge is 2.35. The predicted octanol–water partition coefficient (Wildman–Crippen LogP) is 2.42. The summed E-state index contributed by atoms with van der Waals surface area (Å²) in [6, 6.07) is 2.56. The third-order valence-electron chi connectivity index (χ3n) is 5.36. The fourth-order valence-electron chi connectivity index (χ4n) is 3.48. The summed E-state index contributed by atoms with van der Waals surface area (Å²) in [4.78, 5) is 16.2. The molecule has 1 amide bonds. The van der Waals surface area contributed by atoms with Crippen LogP contribution in [0, 0.1) is 6.92 Å². The quantitative estimate of drug-likeness (QED) is 0.460. The fourth-order valence-corrected chi connectivity index (χ4v) is 6.15. The summed E-state index contributed by atoms with van der Waals surface area (Å²) in [6.45, 7) is 1.27. The number of rotatable bonds is 8. The highest BCUT2D eigenvalue weighted by atomic mass is 32.2. The van der Waals surface area contributed by atoms with Crippen LogP contribution in [0.25, 0.3) is 0 Å². The van der Waals surface area contributed by atoms with Gasteiger partial charge in [-0.1, -0.05) is 13.0 Å². The van der Waals surface area contributed by atoms with Crippen LogP contribution in [-0.4, -0.2) is 74.4 Å². The van der Waals surface area contributed by atoms with Crippen LogP contribution in [0.3, 0.4) is 0 Å². The summed E-state index contributed by atoms with van der Waals surface area (Å²) < 4.78 is 112. The Morgan fingerprint density at radius 1 is 1.16 bits per heavy atom. The number of amides is 1. The molecule has 1 unspecified atom stereocenters. The average molecular weight is 572 g/mol. The topological polar surface area (TPSA) is 142 Å². The van der Waals surface area contributed by atoms with Gasteiger partial charge in [0.15, 0.2) is 5.69 Å². The highest BCUT2D eigenvalue weighted by molar-refractivity contribution is 7.89. The Balaban J connectivity index is 1.70. The van der Waals surface area contributed by atoms with Gasteiger partial charge in [0, 0.05) is 31.9 Å². The van der Waals surface area contributed by atoms with Gasteiger partial charge in [-0.15, -0.1) is 0 Å². The van der Waals surface area contributed by atoms with Crippen molar-refractivity contribution in [3.63, 3.8) is 0 Å². The number of benzene rings is 1. The third kappa shape index (κ3) is 7.18. The predicted molar refractivity (Wildman–Crippen MR) is 124 cm³/mol. The molecule has 17 heteroatoms. The molecule has 1 saturated heterocycles. The molecule has 0 saturated carbocycles. The van der Waals surface area contributed by atoms with Crippen molar-refractivity contribution in [3.05, 3.63) is 41.3 Å². The number of nitrogens with one attached hydrogen (secondary N) is 2. The fraction of sp³-hybridized carbons (Fsp3) is 0.500. The van der Waals surface area contributed by atoms with Crippen LogP contribution in [-0.2, 0) is 26.4 Å². The molecule has 1 aliphatic heterocycles. The van der Waals surface area contributed by atoms with Crippen LogP contribution in [0.4, 0.5) is 29.3 Å². The molecule has 11 nitrogen and oxygen atoms in total. The lowest BCUT2D eigenvalue weighted by Gasteiger charge is -2.21. The molecule has 37 heavy (non-hydrogen) atoms. The Hall–Kier alpha value is -2.76. The van der Waals surface area contributed by atoms with Crippen molar-refractivity contribution in [3.8, 4) is 0 Å². The number of sulfonamides is 1. The number of alkyl halides is 4. The van der Waals surface area contributed by atoms with Crippen LogP contribution >= 0.6 is 0 Å². The first kappa shape index (κ1) is 28.8. The lowest BCUT2D eigenvalue weighted by atomic mass is 10.1. The molecular formula is C20H25F4N5O6S2. The van der Waals surface area contributed by atoms with Gasteiger partial charge in [-0.25, -0.2) is 17.5 Å². The van der Waals surface area contributed by atoms with E-state index in [4.69, 9.17) is 4.42 Å². The van der Waals surface area contributed by atoms with Crippen molar-refractivity contribution in [1.82, 2.24) is 18.3 Å². The lowest BCUT2D eigenvalue weighted by molar-refractivity contribution is -0.137. The standard InChI is InChI=1S/C20H25F4N5O6S2/c1-3-8-36(31,32)28-6-7-29(11-15(21)10-28)37(33,34)27-18(30)17-12-35-19(26-17)25-16-9-14(20(22,23)24)5-4-13(16)2/h4-5,9,12,15H,3,6-8,10-11H2,1-2H3,(H,25,26)(H,27,30). The van der Waals surface area contributed by atoms with Crippen LogP contribution < -0.4 is 10.0 Å². The molecule has 3 rings (SSSR count). The van der Waals surface area contributed by atoms with E-state index in [1.54, 1.807) is 11.6 Å². The first-order valence-electron chi connectivity index (χ1n) is 11.0. The highest BCUT2D eigenvalue weighted by Crippen LogP contribution is 2.33. The van der Waals surface area contributed by atoms with Crippen molar-refractivity contribution in [2.45, 2.75) is 32.6 Å². The number of hydrogen-bond donors (Lipinski definition) is 2. The number of aryl methyl sites for hydroxylation is 1. The lowest BCUT2D eigenvalue weighted by Crippen LogP contribution is -2.46. The molecule has 0 aliphatic carbocycles. The van der Waals surface area contributed by atoms with Gasteiger partial charge >= 0.3 is 16.4 Å². The second-order valence-corrected chi connectivity index (χ2v) is 12.0. The minimum Gasteiger partial charge on any atom is -0.431 e. The summed E-state index contributed by atoms with van der Waals surface area (Å²) >= 11 is 0. The average Bonchev–Trinajstić information content (AvgIpc) is 3.14. The SMILES string of the molecule is CCCS(=O)(=O)N1CCN(S(=O)(=O)NC(=O)c2coc(Nc3cc(C(F)(F)F)ccc3C)n2)CC(F)C1. The summed E-state index contributed by atoms with van der Waals surface area (Å²) in [5, 5.41) is 2.50. The largest absolute Gasteiger partial charge is 0.431 e. The Labute approximate surface area is 211 Å². The number of carbonyl (C=O) groups is 1. The first-order valence-corrected chi connectivity index (χ1v) is 14.0. The van der Waals surface area contributed by atoms with E-state index >= 15 is 0 Å². The zero-order valence-electron chi connectivity index (χ0n) is 19.7. The van der Waals surface area contributed by atoms with E-state index in [0.29, 0.717) is 16.3 Å². The third-order valence-corrected chi connectivity index (χ3v) is 8.86. The second-order valence-electron chi connectivity index (χ2n) is 8.26. The van der Waals surface area contributed by atoms with Crippen LogP contribution in [0.15, 0.2) is 28.9 Å². The van der Waals surface area contributed by atoms with Crippen LogP contribution in [0.5, 0.6) is 0 Å². The first-order chi connectivity index (χ1) is 17.1. The van der Waals surface area contributed by atoms with Crippen LogP contribution in [0.2, 0.25) is 0 Å².